The first-order valence-corrected chi connectivity index (χ1v) is 8.53. The van der Waals surface area contributed by atoms with Crippen molar-refractivity contribution < 1.29 is 8.78 Å². The van der Waals surface area contributed by atoms with E-state index in [1.54, 1.807) is 35.1 Å². The standard InChI is InChI=1S/C17H12F2N6S/c18-17(19)26-13-8-6-11(7-9-13)21-15-14-10-20-25(16(14)23-24-22-15)12-4-2-1-3-5-12/h1-10,17H,(H,21,22,23). The zero-order chi connectivity index (χ0) is 17.9. The quantitative estimate of drug-likeness (QED) is 0.529. The molecule has 2 aromatic heterocycles. The maximum absolute atomic E-state index is 12.4. The largest absolute Gasteiger partial charge is 0.338 e. The van der Waals surface area contributed by atoms with Crippen molar-refractivity contribution in [3.63, 3.8) is 0 Å². The Labute approximate surface area is 151 Å². The number of alkyl halides is 2. The second-order valence-corrected chi connectivity index (χ2v) is 6.36. The van der Waals surface area contributed by atoms with E-state index in [-0.39, 0.29) is 0 Å². The average Bonchev–Trinajstić information content (AvgIpc) is 3.09. The molecule has 0 aliphatic rings. The molecular weight excluding hydrogens is 358 g/mol. The molecule has 130 valence electrons. The molecule has 2 aromatic carbocycles. The first-order valence-electron chi connectivity index (χ1n) is 7.65. The molecule has 0 spiro atoms. The van der Waals surface area contributed by atoms with Crippen LogP contribution in [-0.4, -0.2) is 30.9 Å². The summed E-state index contributed by atoms with van der Waals surface area (Å²) in [5, 5.41) is 20.1. The molecule has 0 atom stereocenters. The second-order valence-electron chi connectivity index (χ2n) is 5.30. The highest BCUT2D eigenvalue weighted by atomic mass is 32.2. The molecule has 2 heterocycles. The molecular formula is C17H12F2N6S. The van der Waals surface area contributed by atoms with E-state index >= 15 is 0 Å². The van der Waals surface area contributed by atoms with Crippen LogP contribution in [0.1, 0.15) is 0 Å². The van der Waals surface area contributed by atoms with E-state index in [1.165, 1.54) is 0 Å². The summed E-state index contributed by atoms with van der Waals surface area (Å²) in [6, 6.07) is 16.2. The van der Waals surface area contributed by atoms with Crippen LogP contribution in [0.4, 0.5) is 20.3 Å². The van der Waals surface area contributed by atoms with Gasteiger partial charge in [0.1, 0.15) is 0 Å². The number of thioether (sulfide) groups is 1. The number of anilines is 2. The van der Waals surface area contributed by atoms with Gasteiger partial charge in [-0.15, -0.1) is 10.2 Å². The number of hydrogen-bond acceptors (Lipinski definition) is 6. The van der Waals surface area contributed by atoms with Crippen LogP contribution >= 0.6 is 11.8 Å². The van der Waals surface area contributed by atoms with Gasteiger partial charge in [-0.3, -0.25) is 0 Å². The van der Waals surface area contributed by atoms with Gasteiger partial charge in [0.2, 0.25) is 0 Å². The third-order valence-corrected chi connectivity index (χ3v) is 4.35. The van der Waals surface area contributed by atoms with Gasteiger partial charge in [0.05, 0.1) is 17.3 Å². The minimum Gasteiger partial charge on any atom is -0.338 e. The molecule has 0 unspecified atom stereocenters. The van der Waals surface area contributed by atoms with Crippen molar-refractivity contribution in [3.8, 4) is 5.69 Å². The summed E-state index contributed by atoms with van der Waals surface area (Å²) in [6.07, 6.45) is 1.66. The average molecular weight is 370 g/mol. The normalized spacial score (nSPS) is 11.2. The smallest absolute Gasteiger partial charge is 0.288 e. The second kappa shape index (κ2) is 7.04. The number of rotatable bonds is 5. The Hall–Kier alpha value is -3.07. The van der Waals surface area contributed by atoms with E-state index in [1.807, 2.05) is 30.3 Å². The molecule has 0 saturated carbocycles. The lowest BCUT2D eigenvalue weighted by Gasteiger charge is -2.07. The van der Waals surface area contributed by atoms with E-state index in [2.05, 4.69) is 25.8 Å². The summed E-state index contributed by atoms with van der Waals surface area (Å²) in [7, 11) is 0. The molecule has 0 aliphatic carbocycles. The van der Waals surface area contributed by atoms with Crippen molar-refractivity contribution in [3.05, 3.63) is 60.8 Å². The number of halogens is 2. The van der Waals surface area contributed by atoms with Gasteiger partial charge in [-0.2, -0.15) is 13.9 Å². The van der Waals surface area contributed by atoms with Crippen LogP contribution in [0.5, 0.6) is 0 Å². The van der Waals surface area contributed by atoms with Crippen LogP contribution in [0.15, 0.2) is 65.7 Å². The minimum absolute atomic E-state index is 0.492. The Morgan fingerprint density at radius 3 is 2.46 bits per heavy atom. The summed E-state index contributed by atoms with van der Waals surface area (Å²) in [5.74, 6) is -1.95. The first-order chi connectivity index (χ1) is 12.7. The first kappa shape index (κ1) is 16.4. The van der Waals surface area contributed by atoms with E-state index in [0.29, 0.717) is 39.2 Å². The summed E-state index contributed by atoms with van der Waals surface area (Å²) in [5.41, 5.74) is 2.14. The number of hydrogen-bond donors (Lipinski definition) is 1. The highest BCUT2D eigenvalue weighted by Gasteiger charge is 2.12. The lowest BCUT2D eigenvalue weighted by atomic mass is 10.3. The Morgan fingerprint density at radius 2 is 1.73 bits per heavy atom. The van der Waals surface area contributed by atoms with Gasteiger partial charge in [0.15, 0.2) is 11.5 Å². The maximum atomic E-state index is 12.4. The van der Waals surface area contributed by atoms with Crippen LogP contribution in [0.25, 0.3) is 16.7 Å². The highest BCUT2D eigenvalue weighted by Crippen LogP contribution is 2.28. The zero-order valence-electron chi connectivity index (χ0n) is 13.3. The molecule has 6 nitrogen and oxygen atoms in total. The van der Waals surface area contributed by atoms with E-state index in [9.17, 15) is 8.78 Å². The predicted molar refractivity (Wildman–Crippen MR) is 96.0 cm³/mol. The maximum Gasteiger partial charge on any atom is 0.288 e. The summed E-state index contributed by atoms with van der Waals surface area (Å²) in [6.45, 7) is 0. The van der Waals surface area contributed by atoms with Crippen LogP contribution in [0.3, 0.4) is 0 Å². The molecule has 4 rings (SSSR count). The zero-order valence-corrected chi connectivity index (χ0v) is 14.1. The fourth-order valence-corrected chi connectivity index (χ4v) is 2.97. The van der Waals surface area contributed by atoms with Crippen LogP contribution < -0.4 is 5.32 Å². The van der Waals surface area contributed by atoms with Crippen molar-refractivity contribution in [1.82, 2.24) is 25.2 Å². The number of para-hydroxylation sites is 1. The molecule has 4 aromatic rings. The van der Waals surface area contributed by atoms with Crippen molar-refractivity contribution in [1.29, 1.82) is 0 Å². The molecule has 0 aliphatic heterocycles. The number of benzene rings is 2. The summed E-state index contributed by atoms with van der Waals surface area (Å²) >= 11 is 0.505. The van der Waals surface area contributed by atoms with Crippen molar-refractivity contribution in [2.45, 2.75) is 10.7 Å². The molecule has 0 saturated heterocycles. The lowest BCUT2D eigenvalue weighted by molar-refractivity contribution is 0.252. The highest BCUT2D eigenvalue weighted by molar-refractivity contribution is 7.99. The number of nitrogens with zero attached hydrogens (tertiary/aromatic N) is 5. The molecule has 0 radical (unpaired) electrons. The molecule has 1 N–H and O–H groups in total. The monoisotopic (exact) mass is 370 g/mol. The molecule has 26 heavy (non-hydrogen) atoms. The van der Waals surface area contributed by atoms with Crippen LogP contribution in [0, 0.1) is 0 Å². The Morgan fingerprint density at radius 1 is 0.962 bits per heavy atom. The van der Waals surface area contributed by atoms with Gasteiger partial charge in [0.25, 0.3) is 5.76 Å². The van der Waals surface area contributed by atoms with E-state index < -0.39 is 5.76 Å². The summed E-state index contributed by atoms with van der Waals surface area (Å²) < 4.78 is 26.5. The van der Waals surface area contributed by atoms with Crippen molar-refractivity contribution in [2.24, 2.45) is 0 Å². The van der Waals surface area contributed by atoms with Crippen molar-refractivity contribution >= 4 is 34.3 Å². The Bertz CT molecular complexity index is 1020. The molecule has 0 amide bonds. The molecule has 9 heteroatoms. The topological polar surface area (TPSA) is 68.5 Å². The van der Waals surface area contributed by atoms with Gasteiger partial charge in [-0.1, -0.05) is 30.0 Å². The van der Waals surface area contributed by atoms with Gasteiger partial charge in [0, 0.05) is 10.6 Å². The fourth-order valence-electron chi connectivity index (χ4n) is 2.48. The van der Waals surface area contributed by atoms with Gasteiger partial charge in [-0.25, -0.2) is 4.68 Å². The SMILES string of the molecule is FC(F)Sc1ccc(Nc2nnnc3c2cnn3-c2ccccc2)cc1. The third kappa shape index (κ3) is 3.33. The van der Waals surface area contributed by atoms with Gasteiger partial charge >= 0.3 is 0 Å². The number of aromatic nitrogens is 5. The Kier molecular flexibility index (Phi) is 4.44. The summed E-state index contributed by atoms with van der Waals surface area (Å²) in [4.78, 5) is 0.494. The van der Waals surface area contributed by atoms with Gasteiger partial charge < -0.3 is 5.32 Å². The van der Waals surface area contributed by atoms with E-state index in [4.69, 9.17) is 0 Å². The fraction of sp³-hybridized carbons (Fsp3) is 0.0588. The lowest BCUT2D eigenvalue weighted by Crippen LogP contribution is -2.01. The van der Waals surface area contributed by atoms with Crippen LogP contribution in [-0.2, 0) is 0 Å². The minimum atomic E-state index is -2.44. The van der Waals surface area contributed by atoms with E-state index in [0.717, 1.165) is 5.69 Å². The van der Waals surface area contributed by atoms with Crippen LogP contribution in [0.2, 0.25) is 0 Å². The van der Waals surface area contributed by atoms with Gasteiger partial charge in [-0.05, 0) is 41.6 Å². The number of nitrogens with one attached hydrogen (secondary N) is 1. The Balaban J connectivity index is 1.64. The van der Waals surface area contributed by atoms with Crippen molar-refractivity contribution in [2.75, 3.05) is 5.32 Å². The number of fused-ring (bicyclic) bond motifs is 1. The molecule has 0 bridgehead atoms. The third-order valence-electron chi connectivity index (χ3n) is 3.63. The molecule has 0 fully saturated rings. The predicted octanol–water partition coefficient (Wildman–Crippen LogP) is 4.27.